The first-order chi connectivity index (χ1) is 16.1. The number of rotatable bonds is 4. The zero-order chi connectivity index (χ0) is 22.8. The van der Waals surface area contributed by atoms with Crippen LogP contribution in [0, 0.1) is 11.6 Å². The van der Waals surface area contributed by atoms with E-state index in [9.17, 15) is 13.6 Å². The third-order valence-electron chi connectivity index (χ3n) is 5.83. The number of anilines is 1. The summed E-state index contributed by atoms with van der Waals surface area (Å²) in [6.07, 6.45) is 0. The van der Waals surface area contributed by atoms with Gasteiger partial charge in [-0.25, -0.2) is 13.5 Å². The average molecular weight is 444 g/mol. The molecular formula is C26H22F2N4O. The zero-order valence-corrected chi connectivity index (χ0v) is 17.9. The Morgan fingerprint density at radius 3 is 2.15 bits per heavy atom. The lowest BCUT2D eigenvalue weighted by Crippen LogP contribution is -2.49. The number of carbonyl (C=O) groups excluding carboxylic acids is 1. The van der Waals surface area contributed by atoms with E-state index in [1.807, 2.05) is 41.3 Å². The van der Waals surface area contributed by atoms with E-state index in [1.54, 1.807) is 39.9 Å². The first kappa shape index (κ1) is 20.9. The molecule has 0 N–H and O–H groups in total. The van der Waals surface area contributed by atoms with Gasteiger partial charge in [-0.1, -0.05) is 42.5 Å². The molecule has 0 radical (unpaired) electrons. The second-order valence-corrected chi connectivity index (χ2v) is 7.90. The van der Waals surface area contributed by atoms with Gasteiger partial charge in [0.15, 0.2) is 0 Å². The van der Waals surface area contributed by atoms with E-state index in [0.717, 1.165) is 5.56 Å². The summed E-state index contributed by atoms with van der Waals surface area (Å²) in [6, 6.07) is 23.9. The normalized spacial score (nSPS) is 13.9. The molecule has 0 atom stereocenters. The lowest BCUT2D eigenvalue weighted by atomic mass is 10.1. The number of hydrogen-bond acceptors (Lipinski definition) is 3. The van der Waals surface area contributed by atoms with Crippen molar-refractivity contribution < 1.29 is 13.6 Å². The minimum absolute atomic E-state index is 0.165. The topological polar surface area (TPSA) is 41.4 Å². The molecule has 0 bridgehead atoms. The maximum atomic E-state index is 14.2. The minimum Gasteiger partial charge on any atom is -0.366 e. The first-order valence-corrected chi connectivity index (χ1v) is 10.8. The molecule has 3 aromatic carbocycles. The van der Waals surface area contributed by atoms with Crippen LogP contribution in [0.5, 0.6) is 0 Å². The van der Waals surface area contributed by atoms with Gasteiger partial charge in [-0.15, -0.1) is 0 Å². The smallest absolute Gasteiger partial charge is 0.272 e. The molecule has 0 spiro atoms. The van der Waals surface area contributed by atoms with Crippen molar-refractivity contribution in [3.8, 4) is 16.9 Å². The predicted octanol–water partition coefficient (Wildman–Crippen LogP) is 4.78. The van der Waals surface area contributed by atoms with Crippen LogP contribution in [0.25, 0.3) is 16.9 Å². The van der Waals surface area contributed by atoms with Gasteiger partial charge in [0.05, 0.1) is 17.1 Å². The molecule has 2 heterocycles. The van der Waals surface area contributed by atoms with Crippen LogP contribution in [0.15, 0.2) is 84.9 Å². The van der Waals surface area contributed by atoms with Crippen LogP contribution in [0.3, 0.4) is 0 Å². The van der Waals surface area contributed by atoms with E-state index in [1.165, 1.54) is 18.2 Å². The highest BCUT2D eigenvalue weighted by Gasteiger charge is 2.27. The van der Waals surface area contributed by atoms with E-state index in [0.29, 0.717) is 48.9 Å². The van der Waals surface area contributed by atoms with Gasteiger partial charge in [-0.3, -0.25) is 4.79 Å². The van der Waals surface area contributed by atoms with Crippen molar-refractivity contribution in [2.45, 2.75) is 0 Å². The second-order valence-electron chi connectivity index (χ2n) is 7.90. The Hall–Kier alpha value is -4.00. The van der Waals surface area contributed by atoms with Crippen LogP contribution in [-0.2, 0) is 0 Å². The molecule has 33 heavy (non-hydrogen) atoms. The number of nitrogens with zero attached hydrogens (tertiary/aromatic N) is 4. The molecule has 1 aromatic heterocycles. The summed E-state index contributed by atoms with van der Waals surface area (Å²) in [5.41, 5.74) is 3.10. The molecule has 1 saturated heterocycles. The molecule has 7 heteroatoms. The largest absolute Gasteiger partial charge is 0.366 e. The number of carbonyl (C=O) groups is 1. The third kappa shape index (κ3) is 4.22. The van der Waals surface area contributed by atoms with Gasteiger partial charge < -0.3 is 9.80 Å². The quantitative estimate of drug-likeness (QED) is 0.455. The molecule has 0 aliphatic carbocycles. The maximum Gasteiger partial charge on any atom is 0.272 e. The molecule has 5 rings (SSSR count). The molecule has 1 aliphatic rings. The first-order valence-electron chi connectivity index (χ1n) is 10.8. The number of para-hydroxylation sites is 1. The molecule has 1 fully saturated rings. The number of piperazine rings is 1. The predicted molar refractivity (Wildman–Crippen MR) is 123 cm³/mol. The van der Waals surface area contributed by atoms with E-state index in [2.05, 4.69) is 5.10 Å². The number of aromatic nitrogens is 2. The Kier molecular flexibility index (Phi) is 5.60. The molecule has 1 amide bonds. The summed E-state index contributed by atoms with van der Waals surface area (Å²) in [5.74, 6) is -0.785. The van der Waals surface area contributed by atoms with Gasteiger partial charge in [-0.2, -0.15) is 5.10 Å². The van der Waals surface area contributed by atoms with Crippen LogP contribution in [0.4, 0.5) is 14.5 Å². The van der Waals surface area contributed by atoms with E-state index in [-0.39, 0.29) is 17.5 Å². The van der Waals surface area contributed by atoms with Gasteiger partial charge >= 0.3 is 0 Å². The monoisotopic (exact) mass is 444 g/mol. The van der Waals surface area contributed by atoms with Crippen molar-refractivity contribution in [2.75, 3.05) is 31.1 Å². The second kappa shape index (κ2) is 8.86. The number of amides is 1. The summed E-state index contributed by atoms with van der Waals surface area (Å²) >= 11 is 0. The van der Waals surface area contributed by atoms with Crippen LogP contribution in [-0.4, -0.2) is 46.8 Å². The fraction of sp³-hybridized carbons (Fsp3) is 0.154. The lowest BCUT2D eigenvalue weighted by Gasteiger charge is -2.36. The lowest BCUT2D eigenvalue weighted by molar-refractivity contribution is 0.0737. The van der Waals surface area contributed by atoms with Crippen molar-refractivity contribution >= 4 is 11.6 Å². The summed E-state index contributed by atoms with van der Waals surface area (Å²) in [7, 11) is 0. The fourth-order valence-electron chi connectivity index (χ4n) is 4.08. The Morgan fingerprint density at radius 2 is 1.45 bits per heavy atom. The molecular weight excluding hydrogens is 422 g/mol. The van der Waals surface area contributed by atoms with Crippen LogP contribution in [0.1, 0.15) is 10.5 Å². The van der Waals surface area contributed by atoms with Crippen molar-refractivity contribution in [3.05, 3.63) is 102 Å². The van der Waals surface area contributed by atoms with Crippen molar-refractivity contribution in [1.29, 1.82) is 0 Å². The standard InChI is InChI=1S/C26H22F2N4O/c27-20-10-12-21(13-11-20)32-25(18-23(29-32)19-6-2-1-3-7-19)26(33)31-16-14-30(15-17-31)24-9-5-4-8-22(24)28/h1-13,18H,14-17H2. The SMILES string of the molecule is O=C(c1cc(-c2ccccc2)nn1-c1ccc(F)cc1)N1CCN(c2ccccc2F)CC1. The van der Waals surface area contributed by atoms with Gasteiger partial charge in [0.25, 0.3) is 5.91 Å². The van der Waals surface area contributed by atoms with E-state index < -0.39 is 0 Å². The molecule has 5 nitrogen and oxygen atoms in total. The molecule has 0 unspecified atom stereocenters. The summed E-state index contributed by atoms with van der Waals surface area (Å²) in [4.78, 5) is 17.2. The number of halogens is 2. The van der Waals surface area contributed by atoms with Crippen molar-refractivity contribution in [1.82, 2.24) is 14.7 Å². The van der Waals surface area contributed by atoms with Crippen LogP contribution in [0.2, 0.25) is 0 Å². The maximum absolute atomic E-state index is 14.2. The highest BCUT2D eigenvalue weighted by atomic mass is 19.1. The summed E-state index contributed by atoms with van der Waals surface area (Å²) in [6.45, 7) is 1.98. The minimum atomic E-state index is -0.355. The van der Waals surface area contributed by atoms with Gasteiger partial charge in [0.2, 0.25) is 0 Å². The van der Waals surface area contributed by atoms with Crippen molar-refractivity contribution in [3.63, 3.8) is 0 Å². The van der Waals surface area contributed by atoms with Gasteiger partial charge in [0, 0.05) is 31.7 Å². The van der Waals surface area contributed by atoms with Crippen LogP contribution < -0.4 is 4.90 Å². The van der Waals surface area contributed by atoms with Gasteiger partial charge in [-0.05, 0) is 42.5 Å². The third-order valence-corrected chi connectivity index (χ3v) is 5.83. The van der Waals surface area contributed by atoms with E-state index >= 15 is 0 Å². The van der Waals surface area contributed by atoms with E-state index in [4.69, 9.17) is 0 Å². The van der Waals surface area contributed by atoms with Crippen molar-refractivity contribution in [2.24, 2.45) is 0 Å². The molecule has 0 saturated carbocycles. The average Bonchev–Trinajstić information content (AvgIpc) is 3.31. The van der Waals surface area contributed by atoms with Crippen LogP contribution >= 0.6 is 0 Å². The molecule has 1 aliphatic heterocycles. The molecule has 166 valence electrons. The highest BCUT2D eigenvalue weighted by molar-refractivity contribution is 5.94. The van der Waals surface area contributed by atoms with Gasteiger partial charge in [0.1, 0.15) is 17.3 Å². The zero-order valence-electron chi connectivity index (χ0n) is 17.9. The Morgan fingerprint density at radius 1 is 0.788 bits per heavy atom. The number of benzene rings is 3. The Bertz CT molecular complexity index is 1260. The summed E-state index contributed by atoms with van der Waals surface area (Å²) in [5, 5.41) is 4.66. The molecule has 4 aromatic rings. The summed E-state index contributed by atoms with van der Waals surface area (Å²) < 4.78 is 29.2. The number of hydrogen-bond donors (Lipinski definition) is 0. The highest BCUT2D eigenvalue weighted by Crippen LogP contribution is 2.25. The fourth-order valence-corrected chi connectivity index (χ4v) is 4.08. The Balaban J connectivity index is 1.43. The Labute approximate surface area is 190 Å².